The number of hydrogen-bond donors (Lipinski definition) is 1. The molecule has 0 aliphatic heterocycles. The Morgan fingerprint density at radius 1 is 1.38 bits per heavy atom. The standard InChI is InChI=1S/C12H20N2O2/c1-3-14(4-2)7-8-16-12-5-6-13-9-11(12)10-15/h5-6,9,15H,3-4,7-8,10H2,1-2H3. The maximum absolute atomic E-state index is 9.09. The van der Waals surface area contributed by atoms with E-state index >= 15 is 0 Å². The molecule has 1 aromatic rings. The van der Waals surface area contributed by atoms with Gasteiger partial charge in [-0.2, -0.15) is 0 Å². The zero-order valence-corrected chi connectivity index (χ0v) is 10.0. The van der Waals surface area contributed by atoms with Crippen molar-refractivity contribution in [3.8, 4) is 5.75 Å². The van der Waals surface area contributed by atoms with E-state index in [1.165, 1.54) is 0 Å². The molecule has 0 bridgehead atoms. The number of ether oxygens (including phenoxy) is 1. The molecule has 0 aliphatic carbocycles. The average Bonchev–Trinajstić information content (AvgIpc) is 2.35. The van der Waals surface area contributed by atoms with Gasteiger partial charge in [0.2, 0.25) is 0 Å². The average molecular weight is 224 g/mol. The van der Waals surface area contributed by atoms with Crippen molar-refractivity contribution in [1.29, 1.82) is 0 Å². The molecule has 0 radical (unpaired) electrons. The fourth-order valence-electron chi connectivity index (χ4n) is 1.50. The van der Waals surface area contributed by atoms with Crippen molar-refractivity contribution in [2.75, 3.05) is 26.2 Å². The van der Waals surface area contributed by atoms with E-state index in [4.69, 9.17) is 9.84 Å². The zero-order chi connectivity index (χ0) is 11.8. The maximum atomic E-state index is 9.09. The van der Waals surface area contributed by atoms with Crippen LogP contribution in [0.25, 0.3) is 0 Å². The summed E-state index contributed by atoms with van der Waals surface area (Å²) < 4.78 is 5.62. The minimum atomic E-state index is -0.0333. The quantitative estimate of drug-likeness (QED) is 0.758. The highest BCUT2D eigenvalue weighted by Gasteiger charge is 2.03. The van der Waals surface area contributed by atoms with Crippen LogP contribution >= 0.6 is 0 Å². The molecule has 1 aromatic heterocycles. The predicted molar refractivity (Wildman–Crippen MR) is 63.4 cm³/mol. The molecule has 4 heteroatoms. The first-order valence-corrected chi connectivity index (χ1v) is 5.70. The van der Waals surface area contributed by atoms with E-state index in [2.05, 4.69) is 23.7 Å². The Labute approximate surface area is 96.9 Å². The molecule has 90 valence electrons. The highest BCUT2D eigenvalue weighted by Crippen LogP contribution is 2.15. The molecule has 1 heterocycles. The first kappa shape index (κ1) is 12.9. The van der Waals surface area contributed by atoms with Gasteiger partial charge in [-0.25, -0.2) is 0 Å². The lowest BCUT2D eigenvalue weighted by atomic mass is 10.3. The third-order valence-electron chi connectivity index (χ3n) is 2.59. The molecule has 0 aromatic carbocycles. The monoisotopic (exact) mass is 224 g/mol. The normalized spacial score (nSPS) is 10.8. The van der Waals surface area contributed by atoms with Crippen LogP contribution in [0.3, 0.4) is 0 Å². The van der Waals surface area contributed by atoms with E-state index in [9.17, 15) is 0 Å². The van der Waals surface area contributed by atoms with Crippen LogP contribution in [-0.4, -0.2) is 41.2 Å². The predicted octanol–water partition coefficient (Wildman–Crippen LogP) is 1.29. The van der Waals surface area contributed by atoms with Gasteiger partial charge in [0.05, 0.1) is 6.61 Å². The fraction of sp³-hybridized carbons (Fsp3) is 0.583. The Kier molecular flexibility index (Phi) is 5.82. The Morgan fingerprint density at radius 3 is 2.75 bits per heavy atom. The molecule has 16 heavy (non-hydrogen) atoms. The van der Waals surface area contributed by atoms with Gasteiger partial charge < -0.3 is 14.7 Å². The molecule has 0 unspecified atom stereocenters. The Morgan fingerprint density at radius 2 is 2.12 bits per heavy atom. The summed E-state index contributed by atoms with van der Waals surface area (Å²) in [6.07, 6.45) is 3.30. The second-order valence-corrected chi connectivity index (χ2v) is 3.52. The van der Waals surface area contributed by atoms with Crippen LogP contribution in [0.1, 0.15) is 19.4 Å². The van der Waals surface area contributed by atoms with Gasteiger partial charge in [0.25, 0.3) is 0 Å². The number of aliphatic hydroxyl groups excluding tert-OH is 1. The summed E-state index contributed by atoms with van der Waals surface area (Å²) in [6.45, 7) is 7.84. The molecule has 1 N–H and O–H groups in total. The van der Waals surface area contributed by atoms with Crippen LogP contribution < -0.4 is 4.74 Å². The van der Waals surface area contributed by atoms with E-state index in [0.717, 1.165) is 30.9 Å². The van der Waals surface area contributed by atoms with Gasteiger partial charge in [0, 0.05) is 24.5 Å². The van der Waals surface area contributed by atoms with Crippen molar-refractivity contribution < 1.29 is 9.84 Å². The van der Waals surface area contributed by atoms with Gasteiger partial charge in [-0.15, -0.1) is 0 Å². The first-order chi connectivity index (χ1) is 7.81. The van der Waals surface area contributed by atoms with Gasteiger partial charge >= 0.3 is 0 Å². The zero-order valence-electron chi connectivity index (χ0n) is 10.0. The lowest BCUT2D eigenvalue weighted by molar-refractivity contribution is 0.215. The third kappa shape index (κ3) is 3.79. The van der Waals surface area contributed by atoms with Crippen LogP contribution in [0.5, 0.6) is 5.75 Å². The molecule has 0 atom stereocenters. The van der Waals surface area contributed by atoms with E-state index in [1.54, 1.807) is 18.5 Å². The fourth-order valence-corrected chi connectivity index (χ4v) is 1.50. The molecule has 4 nitrogen and oxygen atoms in total. The second-order valence-electron chi connectivity index (χ2n) is 3.52. The van der Waals surface area contributed by atoms with Gasteiger partial charge in [-0.1, -0.05) is 13.8 Å². The number of aliphatic hydroxyl groups is 1. The molecule has 0 saturated carbocycles. The lowest BCUT2D eigenvalue weighted by Gasteiger charge is -2.18. The SMILES string of the molecule is CCN(CC)CCOc1ccncc1CO. The van der Waals surface area contributed by atoms with Crippen molar-refractivity contribution in [1.82, 2.24) is 9.88 Å². The summed E-state index contributed by atoms with van der Waals surface area (Å²) in [5.41, 5.74) is 0.738. The van der Waals surface area contributed by atoms with Gasteiger partial charge in [0.15, 0.2) is 0 Å². The van der Waals surface area contributed by atoms with Crippen LogP contribution in [0.4, 0.5) is 0 Å². The van der Waals surface area contributed by atoms with Crippen LogP contribution in [0, 0.1) is 0 Å². The number of pyridine rings is 1. The lowest BCUT2D eigenvalue weighted by Crippen LogP contribution is -2.28. The summed E-state index contributed by atoms with van der Waals surface area (Å²) in [5, 5.41) is 9.09. The molecule has 0 spiro atoms. The smallest absolute Gasteiger partial charge is 0.127 e. The molecule has 0 amide bonds. The highest BCUT2D eigenvalue weighted by atomic mass is 16.5. The topological polar surface area (TPSA) is 45.6 Å². The summed E-state index contributed by atoms with van der Waals surface area (Å²) in [4.78, 5) is 6.23. The van der Waals surface area contributed by atoms with Crippen LogP contribution in [0.2, 0.25) is 0 Å². The van der Waals surface area contributed by atoms with E-state index in [-0.39, 0.29) is 6.61 Å². The largest absolute Gasteiger partial charge is 0.492 e. The Bertz CT molecular complexity index is 301. The number of rotatable bonds is 7. The molecule has 0 saturated heterocycles. The van der Waals surface area contributed by atoms with Crippen molar-refractivity contribution >= 4 is 0 Å². The first-order valence-electron chi connectivity index (χ1n) is 5.70. The molecular formula is C12H20N2O2. The van der Waals surface area contributed by atoms with Crippen molar-refractivity contribution in [2.24, 2.45) is 0 Å². The summed E-state index contributed by atoms with van der Waals surface area (Å²) >= 11 is 0. The molecular weight excluding hydrogens is 204 g/mol. The number of hydrogen-bond acceptors (Lipinski definition) is 4. The van der Waals surface area contributed by atoms with E-state index in [0.29, 0.717) is 6.61 Å². The number of likely N-dealkylation sites (N-methyl/N-ethyl adjacent to an activating group) is 1. The van der Waals surface area contributed by atoms with Gasteiger partial charge in [-0.05, 0) is 19.2 Å². The summed E-state index contributed by atoms with van der Waals surface area (Å²) in [7, 11) is 0. The molecule has 1 rings (SSSR count). The Hall–Kier alpha value is -1.13. The number of aromatic nitrogens is 1. The van der Waals surface area contributed by atoms with E-state index < -0.39 is 0 Å². The minimum absolute atomic E-state index is 0.0333. The Balaban J connectivity index is 2.42. The van der Waals surface area contributed by atoms with Gasteiger partial charge in [-0.3, -0.25) is 4.98 Å². The van der Waals surface area contributed by atoms with Gasteiger partial charge in [0.1, 0.15) is 12.4 Å². The summed E-state index contributed by atoms with van der Waals surface area (Å²) in [5.74, 6) is 0.727. The number of nitrogens with zero attached hydrogens (tertiary/aromatic N) is 2. The molecule has 0 fully saturated rings. The molecule has 0 aliphatic rings. The van der Waals surface area contributed by atoms with Crippen LogP contribution in [0.15, 0.2) is 18.5 Å². The van der Waals surface area contributed by atoms with Crippen molar-refractivity contribution in [2.45, 2.75) is 20.5 Å². The second kappa shape index (κ2) is 7.19. The van der Waals surface area contributed by atoms with Crippen molar-refractivity contribution in [3.63, 3.8) is 0 Å². The summed E-state index contributed by atoms with van der Waals surface area (Å²) in [6, 6.07) is 1.79. The van der Waals surface area contributed by atoms with E-state index in [1.807, 2.05) is 0 Å². The maximum Gasteiger partial charge on any atom is 0.127 e. The third-order valence-corrected chi connectivity index (χ3v) is 2.59. The minimum Gasteiger partial charge on any atom is -0.492 e. The van der Waals surface area contributed by atoms with Crippen LogP contribution in [-0.2, 0) is 6.61 Å². The highest BCUT2D eigenvalue weighted by molar-refractivity contribution is 5.29. The van der Waals surface area contributed by atoms with Crippen molar-refractivity contribution in [3.05, 3.63) is 24.0 Å².